The number of nitrogens with one attached hydrogen (secondary N) is 3. The second-order valence-electron chi connectivity index (χ2n) is 4.43. The lowest BCUT2D eigenvalue weighted by Gasteiger charge is -2.19. The van der Waals surface area contributed by atoms with Gasteiger partial charge in [-0.05, 0) is 29.3 Å². The van der Waals surface area contributed by atoms with Gasteiger partial charge in [-0.1, -0.05) is 6.07 Å². The molecule has 0 unspecified atom stereocenters. The molecule has 0 atom stereocenters. The summed E-state index contributed by atoms with van der Waals surface area (Å²) in [5, 5.41) is 28.3. The summed E-state index contributed by atoms with van der Waals surface area (Å²) in [6.07, 6.45) is 2.63. The Bertz CT molecular complexity index is 742. The van der Waals surface area contributed by atoms with Crippen molar-refractivity contribution in [2.75, 3.05) is 10.6 Å². The zero-order valence-electron chi connectivity index (χ0n) is 10.9. The maximum atomic E-state index is 11.4. The molecule has 104 valence electrons. The van der Waals surface area contributed by atoms with Crippen molar-refractivity contribution in [3.8, 4) is 6.07 Å². The summed E-state index contributed by atoms with van der Waals surface area (Å²) in [5.41, 5.74) is 2.91. The number of rotatable bonds is 3. The number of tetrazole rings is 1. The van der Waals surface area contributed by atoms with Crippen molar-refractivity contribution in [2.45, 2.75) is 12.8 Å². The third kappa shape index (κ3) is 2.57. The Morgan fingerprint density at radius 3 is 3.10 bits per heavy atom. The normalized spacial score (nSPS) is 14.0. The van der Waals surface area contributed by atoms with Crippen molar-refractivity contribution in [1.29, 1.82) is 5.26 Å². The first-order valence-corrected chi connectivity index (χ1v) is 6.30. The minimum atomic E-state index is 0.0136. The highest BCUT2D eigenvalue weighted by Gasteiger charge is 2.17. The van der Waals surface area contributed by atoms with E-state index in [-0.39, 0.29) is 17.3 Å². The summed E-state index contributed by atoms with van der Waals surface area (Å²) < 4.78 is 0. The summed E-state index contributed by atoms with van der Waals surface area (Å²) >= 11 is 0. The number of amides is 1. The summed E-state index contributed by atoms with van der Waals surface area (Å²) in [6.45, 7) is 0. The Morgan fingerprint density at radius 2 is 2.33 bits per heavy atom. The Balaban J connectivity index is 1.88. The molecular formula is C13H11N7O. The lowest BCUT2D eigenvalue weighted by atomic mass is 10.0. The van der Waals surface area contributed by atoms with Crippen LogP contribution in [0.15, 0.2) is 24.4 Å². The number of hydrogen-bond donors (Lipinski definition) is 3. The summed E-state index contributed by atoms with van der Waals surface area (Å²) in [5.74, 6) is 0.239. The van der Waals surface area contributed by atoms with Crippen molar-refractivity contribution >= 4 is 22.9 Å². The van der Waals surface area contributed by atoms with Gasteiger partial charge in [0.1, 0.15) is 11.6 Å². The maximum absolute atomic E-state index is 11.4. The number of carbonyl (C=O) groups excluding carboxylic acids is 1. The molecule has 0 radical (unpaired) electrons. The molecule has 0 saturated carbocycles. The minimum Gasteiger partial charge on any atom is -0.360 e. The topological polar surface area (TPSA) is 119 Å². The molecule has 21 heavy (non-hydrogen) atoms. The van der Waals surface area contributed by atoms with Crippen LogP contribution in [0.1, 0.15) is 17.8 Å². The third-order valence-corrected chi connectivity index (χ3v) is 3.13. The summed E-state index contributed by atoms with van der Waals surface area (Å²) in [6, 6.07) is 7.58. The molecule has 0 saturated heterocycles. The van der Waals surface area contributed by atoms with Gasteiger partial charge in [0.2, 0.25) is 11.7 Å². The van der Waals surface area contributed by atoms with Crippen molar-refractivity contribution in [1.82, 2.24) is 20.6 Å². The molecule has 0 aliphatic carbocycles. The standard InChI is InChI=1S/C13H11N7O/c14-6-8(13-17-19-20-18-13)7-15-10-2-1-3-11-9(10)4-5-12(21)16-11/h1-3,7,15H,4-5H2,(H,16,21)(H,17,18,19,20). The van der Waals surface area contributed by atoms with Gasteiger partial charge in [-0.2, -0.15) is 10.5 Å². The fourth-order valence-corrected chi connectivity index (χ4v) is 2.13. The zero-order chi connectivity index (χ0) is 14.7. The van der Waals surface area contributed by atoms with Crippen molar-refractivity contribution < 1.29 is 4.79 Å². The number of anilines is 2. The van der Waals surface area contributed by atoms with Crippen LogP contribution in [0.4, 0.5) is 11.4 Å². The average molecular weight is 281 g/mol. The zero-order valence-corrected chi connectivity index (χ0v) is 10.9. The Morgan fingerprint density at radius 1 is 1.43 bits per heavy atom. The van der Waals surface area contributed by atoms with Crippen LogP contribution in [0, 0.1) is 11.3 Å². The number of nitriles is 1. The monoisotopic (exact) mass is 281 g/mol. The average Bonchev–Trinajstić information content (AvgIpc) is 3.02. The lowest BCUT2D eigenvalue weighted by molar-refractivity contribution is -0.116. The fraction of sp³-hybridized carbons (Fsp3) is 0.154. The van der Waals surface area contributed by atoms with E-state index in [9.17, 15) is 4.79 Å². The van der Waals surface area contributed by atoms with Crippen LogP contribution in [0.3, 0.4) is 0 Å². The summed E-state index contributed by atoms with van der Waals surface area (Å²) in [7, 11) is 0. The highest BCUT2D eigenvalue weighted by molar-refractivity contribution is 5.95. The highest BCUT2D eigenvalue weighted by Crippen LogP contribution is 2.29. The first kappa shape index (κ1) is 12.8. The second-order valence-corrected chi connectivity index (χ2v) is 4.43. The molecule has 8 nitrogen and oxygen atoms in total. The number of aromatic nitrogens is 4. The number of fused-ring (bicyclic) bond motifs is 1. The molecule has 2 heterocycles. The van der Waals surface area contributed by atoms with Gasteiger partial charge in [0.15, 0.2) is 0 Å². The van der Waals surface area contributed by atoms with Crippen LogP contribution >= 0.6 is 0 Å². The van der Waals surface area contributed by atoms with E-state index in [1.54, 1.807) is 0 Å². The van der Waals surface area contributed by atoms with E-state index < -0.39 is 0 Å². The number of carbonyl (C=O) groups is 1. The van der Waals surface area contributed by atoms with Gasteiger partial charge in [-0.15, -0.1) is 10.2 Å². The Labute approximate surface area is 119 Å². The molecule has 8 heteroatoms. The van der Waals surface area contributed by atoms with Gasteiger partial charge in [0, 0.05) is 24.0 Å². The van der Waals surface area contributed by atoms with Gasteiger partial charge in [-0.25, -0.2) is 0 Å². The fourth-order valence-electron chi connectivity index (χ4n) is 2.13. The van der Waals surface area contributed by atoms with Gasteiger partial charge < -0.3 is 10.6 Å². The minimum absolute atomic E-state index is 0.0136. The van der Waals surface area contributed by atoms with Crippen LogP contribution in [-0.4, -0.2) is 26.5 Å². The number of nitrogens with zero attached hydrogens (tertiary/aromatic N) is 4. The quantitative estimate of drug-likeness (QED) is 0.724. The number of allylic oxidation sites excluding steroid dienone is 1. The van der Waals surface area contributed by atoms with E-state index in [0.717, 1.165) is 16.9 Å². The number of aromatic amines is 1. The molecule has 1 aliphatic heterocycles. The lowest BCUT2D eigenvalue weighted by Crippen LogP contribution is -2.19. The molecule has 1 aromatic heterocycles. The largest absolute Gasteiger partial charge is 0.360 e. The first-order valence-electron chi connectivity index (χ1n) is 6.30. The number of hydrogen-bond acceptors (Lipinski definition) is 6. The smallest absolute Gasteiger partial charge is 0.224 e. The van der Waals surface area contributed by atoms with Crippen LogP contribution in [0.5, 0.6) is 0 Å². The highest BCUT2D eigenvalue weighted by atomic mass is 16.1. The molecule has 1 aliphatic rings. The van der Waals surface area contributed by atoms with Gasteiger partial charge in [-0.3, -0.25) is 4.79 Å². The maximum Gasteiger partial charge on any atom is 0.224 e. The number of H-pyrrole nitrogens is 1. The number of benzene rings is 1. The van der Waals surface area contributed by atoms with Crippen LogP contribution in [0.25, 0.3) is 5.57 Å². The van der Waals surface area contributed by atoms with E-state index in [0.29, 0.717) is 12.8 Å². The molecule has 3 N–H and O–H groups in total. The van der Waals surface area contributed by atoms with Crippen LogP contribution < -0.4 is 10.6 Å². The van der Waals surface area contributed by atoms with E-state index in [1.165, 1.54) is 6.20 Å². The van der Waals surface area contributed by atoms with Crippen molar-refractivity contribution in [3.63, 3.8) is 0 Å². The van der Waals surface area contributed by atoms with E-state index >= 15 is 0 Å². The molecule has 3 rings (SSSR count). The Kier molecular flexibility index (Phi) is 3.31. The predicted octanol–water partition coefficient (Wildman–Crippen LogP) is 1.06. The van der Waals surface area contributed by atoms with Gasteiger partial charge >= 0.3 is 0 Å². The molecule has 1 aromatic carbocycles. The molecule has 0 fully saturated rings. The molecular weight excluding hydrogens is 270 g/mol. The molecule has 0 bridgehead atoms. The SMILES string of the molecule is N#CC(=CNc1cccc2c1CCC(=O)N2)c1nn[nH]n1. The molecule has 2 aromatic rings. The van der Waals surface area contributed by atoms with Gasteiger partial charge in [0.05, 0.1) is 0 Å². The van der Waals surface area contributed by atoms with Crippen LogP contribution in [0.2, 0.25) is 0 Å². The first-order chi connectivity index (χ1) is 10.3. The Hall–Kier alpha value is -3.21. The van der Waals surface area contributed by atoms with Gasteiger partial charge in [0.25, 0.3) is 0 Å². The van der Waals surface area contributed by atoms with Crippen LogP contribution in [-0.2, 0) is 11.2 Å². The summed E-state index contributed by atoms with van der Waals surface area (Å²) in [4.78, 5) is 11.4. The second kappa shape index (κ2) is 5.42. The molecule has 1 amide bonds. The molecule has 0 spiro atoms. The van der Waals surface area contributed by atoms with Crippen molar-refractivity contribution in [3.05, 3.63) is 35.8 Å². The van der Waals surface area contributed by atoms with E-state index in [1.807, 2.05) is 24.3 Å². The van der Waals surface area contributed by atoms with E-state index in [2.05, 4.69) is 31.3 Å². The van der Waals surface area contributed by atoms with Crippen molar-refractivity contribution in [2.24, 2.45) is 0 Å². The third-order valence-electron chi connectivity index (χ3n) is 3.13. The van der Waals surface area contributed by atoms with E-state index in [4.69, 9.17) is 5.26 Å². The predicted molar refractivity (Wildman–Crippen MR) is 74.8 cm³/mol.